The maximum absolute atomic E-state index is 10.1. The van der Waals surface area contributed by atoms with Gasteiger partial charge in [0.2, 0.25) is 0 Å². The van der Waals surface area contributed by atoms with Gasteiger partial charge in [-0.3, -0.25) is 9.48 Å². The zero-order valence-electron chi connectivity index (χ0n) is 8.10. The number of rotatable bonds is 4. The molecule has 0 aliphatic carbocycles. The third-order valence-electron chi connectivity index (χ3n) is 1.34. The Morgan fingerprint density at radius 3 is 2.69 bits per heavy atom. The molecule has 0 amide bonds. The third kappa shape index (κ3) is 5.90. The van der Waals surface area contributed by atoms with Crippen LogP contribution in [0.2, 0.25) is 0 Å². The highest BCUT2D eigenvalue weighted by Crippen LogP contribution is 1.93. The molecule has 1 heterocycles. The predicted molar refractivity (Wildman–Crippen MR) is 50.4 cm³/mol. The molecule has 0 unspecified atom stereocenters. The molecule has 74 valence electrons. The highest BCUT2D eigenvalue weighted by atomic mass is 16.4. The van der Waals surface area contributed by atoms with E-state index in [1.54, 1.807) is 10.9 Å². The minimum Gasteiger partial charge on any atom is -0.481 e. The molecule has 1 rings (SSSR count). The Labute approximate surface area is 78.2 Å². The molecule has 0 spiro atoms. The van der Waals surface area contributed by atoms with Gasteiger partial charge in [0.1, 0.15) is 0 Å². The lowest BCUT2D eigenvalue weighted by Crippen LogP contribution is -2.01. The summed E-state index contributed by atoms with van der Waals surface area (Å²) in [7, 11) is 0. The van der Waals surface area contributed by atoms with E-state index < -0.39 is 5.97 Å². The Bertz CT molecular complexity index is 220. The number of aromatic nitrogens is 2. The lowest BCUT2D eigenvalue weighted by molar-refractivity contribution is -0.137. The molecule has 13 heavy (non-hydrogen) atoms. The van der Waals surface area contributed by atoms with Gasteiger partial charge in [-0.1, -0.05) is 13.8 Å². The highest BCUT2D eigenvalue weighted by molar-refractivity contribution is 5.66. The minimum absolute atomic E-state index is 0.208. The van der Waals surface area contributed by atoms with Crippen LogP contribution in [0.4, 0.5) is 0 Å². The smallest absolute Gasteiger partial charge is 0.303 e. The maximum atomic E-state index is 10.1. The minimum atomic E-state index is -0.753. The van der Waals surface area contributed by atoms with E-state index in [0.717, 1.165) is 0 Å². The summed E-state index contributed by atoms with van der Waals surface area (Å²) in [6.07, 6.45) is 4.35. The summed E-state index contributed by atoms with van der Waals surface area (Å²) in [5.74, 6) is -0.753. The Morgan fingerprint density at radius 1 is 1.54 bits per heavy atom. The summed E-state index contributed by atoms with van der Waals surface area (Å²) in [5.41, 5.74) is 0. The molecule has 1 aromatic heterocycles. The first-order valence-electron chi connectivity index (χ1n) is 4.48. The summed E-state index contributed by atoms with van der Waals surface area (Å²) in [4.78, 5) is 10.1. The van der Waals surface area contributed by atoms with E-state index >= 15 is 0 Å². The number of nitrogens with zero attached hydrogens (tertiary/aromatic N) is 2. The zero-order chi connectivity index (χ0) is 10.1. The molecule has 1 N–H and O–H groups in total. The van der Waals surface area contributed by atoms with Crippen LogP contribution in [-0.2, 0) is 11.3 Å². The van der Waals surface area contributed by atoms with Crippen molar-refractivity contribution in [1.82, 2.24) is 9.78 Å². The van der Waals surface area contributed by atoms with Gasteiger partial charge < -0.3 is 5.11 Å². The fraction of sp³-hybridized carbons (Fsp3) is 0.556. The van der Waals surface area contributed by atoms with Crippen molar-refractivity contribution in [2.24, 2.45) is 0 Å². The number of hydrogen-bond acceptors (Lipinski definition) is 2. The number of carbonyl (C=O) groups is 1. The molecule has 0 aliphatic rings. The predicted octanol–water partition coefficient (Wildman–Crippen LogP) is 1.77. The van der Waals surface area contributed by atoms with Crippen molar-refractivity contribution in [2.75, 3.05) is 0 Å². The lowest BCUT2D eigenvalue weighted by Gasteiger charge is -1.97. The van der Waals surface area contributed by atoms with Crippen LogP contribution in [0, 0.1) is 0 Å². The second kappa shape index (κ2) is 7.34. The van der Waals surface area contributed by atoms with Crippen LogP contribution in [0.1, 0.15) is 26.7 Å². The van der Waals surface area contributed by atoms with Crippen LogP contribution in [0.25, 0.3) is 0 Å². The second-order valence-electron chi connectivity index (χ2n) is 2.27. The van der Waals surface area contributed by atoms with Gasteiger partial charge in [-0.15, -0.1) is 0 Å². The molecule has 0 aliphatic heterocycles. The van der Waals surface area contributed by atoms with Crippen LogP contribution >= 0.6 is 0 Å². The van der Waals surface area contributed by atoms with E-state index in [4.69, 9.17) is 5.11 Å². The first kappa shape index (κ1) is 11.7. The Hall–Kier alpha value is -1.32. The van der Waals surface area contributed by atoms with E-state index in [0.29, 0.717) is 13.0 Å². The summed E-state index contributed by atoms with van der Waals surface area (Å²) in [6, 6.07) is 1.82. The number of hydrogen-bond donors (Lipinski definition) is 1. The van der Waals surface area contributed by atoms with Crippen molar-refractivity contribution >= 4 is 5.97 Å². The van der Waals surface area contributed by atoms with Gasteiger partial charge in [0.05, 0.1) is 0 Å². The first-order chi connectivity index (χ1) is 6.29. The molecular weight excluding hydrogens is 168 g/mol. The van der Waals surface area contributed by atoms with E-state index in [-0.39, 0.29) is 6.42 Å². The molecule has 0 atom stereocenters. The van der Waals surface area contributed by atoms with E-state index in [1.807, 2.05) is 26.1 Å². The first-order valence-corrected chi connectivity index (χ1v) is 4.48. The van der Waals surface area contributed by atoms with Crippen molar-refractivity contribution in [3.05, 3.63) is 18.5 Å². The monoisotopic (exact) mass is 184 g/mol. The Kier molecular flexibility index (Phi) is 6.59. The quantitative estimate of drug-likeness (QED) is 0.775. The summed E-state index contributed by atoms with van der Waals surface area (Å²) >= 11 is 0. The normalized spacial score (nSPS) is 8.77. The number of carboxylic acids is 1. The molecule has 4 heteroatoms. The van der Waals surface area contributed by atoms with Gasteiger partial charge in [-0.2, -0.15) is 5.10 Å². The molecule has 0 saturated heterocycles. The lowest BCUT2D eigenvalue weighted by atomic mass is 10.3. The van der Waals surface area contributed by atoms with Crippen LogP contribution in [0.5, 0.6) is 0 Å². The molecule has 0 radical (unpaired) electrons. The molecule has 1 aromatic rings. The average molecular weight is 184 g/mol. The fourth-order valence-electron chi connectivity index (χ4n) is 0.825. The topological polar surface area (TPSA) is 55.1 Å². The molecular formula is C9H16N2O2. The van der Waals surface area contributed by atoms with Crippen molar-refractivity contribution in [3.8, 4) is 0 Å². The fourth-order valence-corrected chi connectivity index (χ4v) is 0.825. The molecule has 4 nitrogen and oxygen atoms in total. The van der Waals surface area contributed by atoms with Gasteiger partial charge in [0.25, 0.3) is 0 Å². The van der Waals surface area contributed by atoms with Gasteiger partial charge in [0.15, 0.2) is 0 Å². The maximum Gasteiger partial charge on any atom is 0.303 e. The van der Waals surface area contributed by atoms with Crippen LogP contribution in [-0.4, -0.2) is 20.9 Å². The SMILES string of the molecule is CC.O=C(O)CCCn1cccn1. The van der Waals surface area contributed by atoms with Crippen molar-refractivity contribution < 1.29 is 9.90 Å². The van der Waals surface area contributed by atoms with Crippen LogP contribution in [0.3, 0.4) is 0 Å². The Morgan fingerprint density at radius 2 is 2.23 bits per heavy atom. The number of aliphatic carboxylic acids is 1. The van der Waals surface area contributed by atoms with Gasteiger partial charge in [-0.05, 0) is 12.5 Å². The molecule has 0 fully saturated rings. The van der Waals surface area contributed by atoms with Gasteiger partial charge >= 0.3 is 5.97 Å². The Balaban J connectivity index is 0.000000671. The van der Waals surface area contributed by atoms with Gasteiger partial charge in [0, 0.05) is 25.4 Å². The summed E-state index contributed by atoms with van der Waals surface area (Å²) < 4.78 is 1.73. The highest BCUT2D eigenvalue weighted by Gasteiger charge is 1.96. The van der Waals surface area contributed by atoms with Gasteiger partial charge in [-0.25, -0.2) is 0 Å². The number of aryl methyl sites for hydroxylation is 1. The largest absolute Gasteiger partial charge is 0.481 e. The van der Waals surface area contributed by atoms with E-state index in [9.17, 15) is 4.79 Å². The number of carboxylic acid groups (broad SMARTS) is 1. The van der Waals surface area contributed by atoms with E-state index in [1.165, 1.54) is 0 Å². The van der Waals surface area contributed by atoms with Crippen molar-refractivity contribution in [2.45, 2.75) is 33.2 Å². The third-order valence-corrected chi connectivity index (χ3v) is 1.34. The van der Waals surface area contributed by atoms with E-state index in [2.05, 4.69) is 5.10 Å². The molecule has 0 bridgehead atoms. The zero-order valence-corrected chi connectivity index (χ0v) is 8.10. The summed E-state index contributed by atoms with van der Waals surface area (Å²) in [5, 5.41) is 12.2. The average Bonchev–Trinajstić information content (AvgIpc) is 2.60. The second-order valence-corrected chi connectivity index (χ2v) is 2.27. The summed E-state index contributed by atoms with van der Waals surface area (Å²) in [6.45, 7) is 4.68. The molecule has 0 aromatic carbocycles. The molecule has 0 saturated carbocycles. The van der Waals surface area contributed by atoms with Crippen LogP contribution in [0.15, 0.2) is 18.5 Å². The standard InChI is InChI=1S/C7H10N2O2.C2H6/c10-7(11)3-1-5-9-6-2-4-8-9;1-2/h2,4,6H,1,3,5H2,(H,10,11);1-2H3. The van der Waals surface area contributed by atoms with Crippen molar-refractivity contribution in [3.63, 3.8) is 0 Å². The van der Waals surface area contributed by atoms with Crippen molar-refractivity contribution in [1.29, 1.82) is 0 Å². The van der Waals surface area contributed by atoms with Crippen LogP contribution < -0.4 is 0 Å².